The molecule has 5 heteroatoms. The van der Waals surface area contributed by atoms with Crippen LogP contribution in [0.4, 0.5) is 0 Å². The van der Waals surface area contributed by atoms with E-state index in [9.17, 15) is 4.79 Å². The van der Waals surface area contributed by atoms with Crippen molar-refractivity contribution in [2.45, 2.75) is 6.92 Å². The molecule has 104 valence electrons. The third kappa shape index (κ3) is 3.25. The Kier molecular flexibility index (Phi) is 5.24. The molecule has 0 spiro atoms. The lowest BCUT2D eigenvalue weighted by Crippen LogP contribution is -2.06. The molecule has 20 heavy (non-hydrogen) atoms. The molecule has 0 atom stereocenters. The zero-order valence-corrected chi connectivity index (χ0v) is 14.5. The van der Waals surface area contributed by atoms with Gasteiger partial charge in [-0.15, -0.1) is 0 Å². The molecule has 2 nitrogen and oxygen atoms in total. The van der Waals surface area contributed by atoms with E-state index in [0.717, 1.165) is 4.47 Å². The third-order valence-corrected chi connectivity index (χ3v) is 4.47. The van der Waals surface area contributed by atoms with E-state index in [4.69, 9.17) is 16.3 Å². The van der Waals surface area contributed by atoms with Gasteiger partial charge in [-0.25, -0.2) is 0 Å². The molecule has 0 heterocycles. The number of hydrogen-bond donors (Lipinski definition) is 0. The Morgan fingerprint density at radius 3 is 2.65 bits per heavy atom. The molecule has 0 bridgehead atoms. The SMILES string of the molecule is CCOc1ccc(Br)cc1C(=O)c1cccc(Br)c1Cl. The van der Waals surface area contributed by atoms with Crippen molar-refractivity contribution in [3.63, 3.8) is 0 Å². The number of carbonyl (C=O) groups is 1. The zero-order chi connectivity index (χ0) is 14.7. The van der Waals surface area contributed by atoms with Crippen LogP contribution in [0.3, 0.4) is 0 Å². The van der Waals surface area contributed by atoms with Crippen molar-refractivity contribution in [3.05, 3.63) is 61.5 Å². The molecule has 0 aliphatic rings. The highest BCUT2D eigenvalue weighted by molar-refractivity contribution is 9.10. The van der Waals surface area contributed by atoms with Crippen LogP contribution in [-0.2, 0) is 0 Å². The molecule has 0 N–H and O–H groups in total. The fourth-order valence-electron chi connectivity index (χ4n) is 1.79. The molecule has 0 aliphatic carbocycles. The van der Waals surface area contributed by atoms with Gasteiger partial charge in [0.15, 0.2) is 5.78 Å². The summed E-state index contributed by atoms with van der Waals surface area (Å²) in [4.78, 5) is 12.7. The quantitative estimate of drug-likeness (QED) is 0.614. The lowest BCUT2D eigenvalue weighted by molar-refractivity contribution is 0.103. The van der Waals surface area contributed by atoms with Crippen molar-refractivity contribution < 1.29 is 9.53 Å². The fourth-order valence-corrected chi connectivity index (χ4v) is 2.72. The molecular formula is C15H11Br2ClO2. The normalized spacial score (nSPS) is 10.4. The van der Waals surface area contributed by atoms with Crippen molar-refractivity contribution in [2.75, 3.05) is 6.61 Å². The monoisotopic (exact) mass is 416 g/mol. The first kappa shape index (κ1) is 15.5. The van der Waals surface area contributed by atoms with Crippen molar-refractivity contribution in [1.82, 2.24) is 0 Å². The van der Waals surface area contributed by atoms with Gasteiger partial charge < -0.3 is 4.74 Å². The van der Waals surface area contributed by atoms with Gasteiger partial charge >= 0.3 is 0 Å². The zero-order valence-electron chi connectivity index (χ0n) is 10.6. The van der Waals surface area contributed by atoms with Crippen molar-refractivity contribution in [2.24, 2.45) is 0 Å². The molecule has 0 unspecified atom stereocenters. The summed E-state index contributed by atoms with van der Waals surface area (Å²) >= 11 is 12.9. The second-order valence-electron chi connectivity index (χ2n) is 4.00. The number of rotatable bonds is 4. The van der Waals surface area contributed by atoms with Crippen LogP contribution in [0.1, 0.15) is 22.8 Å². The molecule has 2 rings (SSSR count). The van der Waals surface area contributed by atoms with Crippen molar-refractivity contribution >= 4 is 49.2 Å². The average Bonchev–Trinajstić information content (AvgIpc) is 2.43. The van der Waals surface area contributed by atoms with Gasteiger partial charge in [-0.2, -0.15) is 0 Å². The summed E-state index contributed by atoms with van der Waals surface area (Å²) in [7, 11) is 0. The smallest absolute Gasteiger partial charge is 0.198 e. The second-order valence-corrected chi connectivity index (χ2v) is 6.15. The molecule has 0 saturated carbocycles. The molecule has 0 saturated heterocycles. The second kappa shape index (κ2) is 6.74. The van der Waals surface area contributed by atoms with Crippen LogP contribution in [0.15, 0.2) is 45.3 Å². The standard InChI is InChI=1S/C15H11Br2ClO2/c1-2-20-13-7-6-9(16)8-11(13)15(19)10-4-3-5-12(17)14(10)18/h3-8H,2H2,1H3. The number of halogens is 3. The van der Waals surface area contributed by atoms with E-state index in [-0.39, 0.29) is 5.78 Å². The third-order valence-electron chi connectivity index (χ3n) is 2.68. The van der Waals surface area contributed by atoms with Crippen LogP contribution < -0.4 is 4.74 Å². The summed E-state index contributed by atoms with van der Waals surface area (Å²) in [5.74, 6) is 0.387. The predicted molar refractivity (Wildman–Crippen MR) is 87.9 cm³/mol. The van der Waals surface area contributed by atoms with Gasteiger partial charge in [-0.05, 0) is 53.2 Å². The fraction of sp³-hybridized carbons (Fsp3) is 0.133. The van der Waals surface area contributed by atoms with Crippen molar-refractivity contribution in [1.29, 1.82) is 0 Å². The number of ketones is 1. The van der Waals surface area contributed by atoms with Gasteiger partial charge in [0.05, 0.1) is 17.2 Å². The summed E-state index contributed by atoms with van der Waals surface area (Å²) in [6.45, 7) is 2.37. The summed E-state index contributed by atoms with van der Waals surface area (Å²) < 4.78 is 7.02. The minimum absolute atomic E-state index is 0.166. The summed E-state index contributed by atoms with van der Waals surface area (Å²) in [6.07, 6.45) is 0. The van der Waals surface area contributed by atoms with E-state index >= 15 is 0 Å². The highest BCUT2D eigenvalue weighted by Crippen LogP contribution is 2.31. The van der Waals surface area contributed by atoms with Gasteiger partial charge in [-0.1, -0.05) is 33.6 Å². The lowest BCUT2D eigenvalue weighted by Gasteiger charge is -2.11. The Balaban J connectivity index is 2.52. The average molecular weight is 419 g/mol. The number of carbonyl (C=O) groups excluding carboxylic acids is 1. The molecule has 2 aromatic carbocycles. The summed E-state index contributed by atoms with van der Waals surface area (Å²) in [6, 6.07) is 10.6. The van der Waals surface area contributed by atoms with E-state index in [1.54, 1.807) is 30.3 Å². The number of hydrogen-bond acceptors (Lipinski definition) is 2. The Bertz CT molecular complexity index is 656. The number of benzene rings is 2. The van der Waals surface area contributed by atoms with Gasteiger partial charge in [0, 0.05) is 14.5 Å². The maximum atomic E-state index is 12.7. The van der Waals surface area contributed by atoms with E-state index in [1.807, 2.05) is 13.0 Å². The first-order valence-corrected chi connectivity index (χ1v) is 7.92. The minimum Gasteiger partial charge on any atom is -0.493 e. The predicted octanol–water partition coefficient (Wildman–Crippen LogP) is 5.49. The maximum Gasteiger partial charge on any atom is 0.198 e. The Labute approximate surface area is 139 Å². The van der Waals surface area contributed by atoms with Crippen LogP contribution in [-0.4, -0.2) is 12.4 Å². The Hall–Kier alpha value is -0.840. The number of ether oxygens (including phenoxy) is 1. The van der Waals surface area contributed by atoms with E-state index < -0.39 is 0 Å². The first-order chi connectivity index (χ1) is 9.54. The largest absolute Gasteiger partial charge is 0.493 e. The highest BCUT2D eigenvalue weighted by Gasteiger charge is 2.18. The van der Waals surface area contributed by atoms with E-state index in [0.29, 0.717) is 33.0 Å². The topological polar surface area (TPSA) is 26.3 Å². The Morgan fingerprint density at radius 1 is 1.20 bits per heavy atom. The first-order valence-electron chi connectivity index (χ1n) is 5.95. The molecular weight excluding hydrogens is 407 g/mol. The molecule has 0 aliphatic heterocycles. The molecule has 0 amide bonds. The summed E-state index contributed by atoms with van der Waals surface area (Å²) in [5, 5.41) is 0.403. The maximum absolute atomic E-state index is 12.7. The minimum atomic E-state index is -0.166. The lowest BCUT2D eigenvalue weighted by atomic mass is 10.0. The van der Waals surface area contributed by atoms with Crippen LogP contribution in [0.2, 0.25) is 5.02 Å². The van der Waals surface area contributed by atoms with E-state index in [1.165, 1.54) is 0 Å². The molecule has 0 fully saturated rings. The van der Waals surface area contributed by atoms with E-state index in [2.05, 4.69) is 31.9 Å². The van der Waals surface area contributed by atoms with Gasteiger partial charge in [0.2, 0.25) is 0 Å². The van der Waals surface area contributed by atoms with Crippen LogP contribution in [0.5, 0.6) is 5.75 Å². The highest BCUT2D eigenvalue weighted by atomic mass is 79.9. The molecule has 0 aromatic heterocycles. The van der Waals surface area contributed by atoms with Crippen molar-refractivity contribution in [3.8, 4) is 5.75 Å². The summed E-state index contributed by atoms with van der Waals surface area (Å²) in [5.41, 5.74) is 0.932. The van der Waals surface area contributed by atoms with Gasteiger partial charge in [0.1, 0.15) is 5.75 Å². The molecule has 0 radical (unpaired) electrons. The van der Waals surface area contributed by atoms with Crippen LogP contribution in [0, 0.1) is 0 Å². The Morgan fingerprint density at radius 2 is 1.95 bits per heavy atom. The van der Waals surface area contributed by atoms with Gasteiger partial charge in [-0.3, -0.25) is 4.79 Å². The van der Waals surface area contributed by atoms with Crippen LogP contribution >= 0.6 is 43.5 Å². The molecule has 2 aromatic rings. The van der Waals surface area contributed by atoms with Gasteiger partial charge in [0.25, 0.3) is 0 Å². The van der Waals surface area contributed by atoms with Crippen LogP contribution in [0.25, 0.3) is 0 Å².